The number of aromatic nitrogens is 2. The van der Waals surface area contributed by atoms with Crippen LogP contribution in [0.1, 0.15) is 63.7 Å². The van der Waals surface area contributed by atoms with Gasteiger partial charge >= 0.3 is 0 Å². The zero-order valence-corrected chi connectivity index (χ0v) is 21.1. The van der Waals surface area contributed by atoms with Crippen LogP contribution in [0.5, 0.6) is 0 Å². The lowest BCUT2D eigenvalue weighted by atomic mass is 9.98. The number of hydrogen-bond acceptors (Lipinski definition) is 5. The molecule has 0 radical (unpaired) electrons. The molecule has 4 rings (SSSR count). The Morgan fingerprint density at radius 1 is 1.11 bits per heavy atom. The Morgan fingerprint density at radius 2 is 1.89 bits per heavy atom. The van der Waals surface area contributed by atoms with Crippen molar-refractivity contribution in [1.82, 2.24) is 25.5 Å². The second kappa shape index (κ2) is 11.0. The van der Waals surface area contributed by atoms with Gasteiger partial charge < -0.3 is 20.5 Å². The van der Waals surface area contributed by atoms with Gasteiger partial charge in [0.1, 0.15) is 0 Å². The largest absolute Gasteiger partial charge is 0.348 e. The van der Waals surface area contributed by atoms with Crippen LogP contribution in [0.15, 0.2) is 47.3 Å². The molecule has 1 fully saturated rings. The van der Waals surface area contributed by atoms with E-state index >= 15 is 0 Å². The third-order valence-electron chi connectivity index (χ3n) is 6.44. The van der Waals surface area contributed by atoms with Crippen LogP contribution in [-0.2, 0) is 13.1 Å². The number of amides is 1. The summed E-state index contributed by atoms with van der Waals surface area (Å²) in [6.45, 7) is 5.73. The number of hydrogen-bond donors (Lipinski definition) is 3. The molecule has 1 amide bonds. The summed E-state index contributed by atoms with van der Waals surface area (Å²) in [5.41, 5.74) is 6.50. The van der Waals surface area contributed by atoms with E-state index in [1.807, 2.05) is 46.1 Å². The molecule has 1 aliphatic heterocycles. The Kier molecular flexibility index (Phi) is 7.78. The maximum absolute atomic E-state index is 13.2. The topological polar surface area (TPSA) is 90.1 Å². The van der Waals surface area contributed by atoms with Crippen molar-refractivity contribution in [3.63, 3.8) is 0 Å². The highest BCUT2D eigenvalue weighted by atomic mass is 16.1. The third kappa shape index (κ3) is 6.24. The Hall–Kier alpha value is -3.29. The van der Waals surface area contributed by atoms with E-state index in [-0.39, 0.29) is 24.1 Å². The Morgan fingerprint density at radius 3 is 2.54 bits per heavy atom. The van der Waals surface area contributed by atoms with Crippen molar-refractivity contribution >= 4 is 5.91 Å². The number of benzene rings is 1. The van der Waals surface area contributed by atoms with E-state index in [9.17, 15) is 9.59 Å². The van der Waals surface area contributed by atoms with Gasteiger partial charge in [0, 0.05) is 41.5 Å². The molecule has 1 aromatic carbocycles. The lowest BCUT2D eigenvalue weighted by Gasteiger charge is -2.24. The molecule has 1 atom stereocenters. The summed E-state index contributed by atoms with van der Waals surface area (Å²) < 4.78 is 0. The van der Waals surface area contributed by atoms with E-state index in [0.717, 1.165) is 60.6 Å². The van der Waals surface area contributed by atoms with Crippen molar-refractivity contribution in [2.75, 3.05) is 20.6 Å². The molecule has 7 nitrogen and oxygen atoms in total. The summed E-state index contributed by atoms with van der Waals surface area (Å²) in [5, 5.41) is 6.49. The normalized spacial score (nSPS) is 15.9. The molecule has 3 N–H and O–H groups in total. The van der Waals surface area contributed by atoms with Gasteiger partial charge in [-0.2, -0.15) is 0 Å². The highest BCUT2D eigenvalue weighted by Gasteiger charge is 2.20. The fraction of sp³-hybridized carbons (Fsp3) is 0.393. The molecule has 1 aliphatic rings. The molecule has 0 aliphatic carbocycles. The number of pyridine rings is 2. The first-order valence-electron chi connectivity index (χ1n) is 12.3. The average molecular weight is 474 g/mol. The van der Waals surface area contributed by atoms with Gasteiger partial charge in [-0.1, -0.05) is 30.7 Å². The fourth-order valence-corrected chi connectivity index (χ4v) is 4.63. The molecule has 2 aromatic heterocycles. The van der Waals surface area contributed by atoms with Gasteiger partial charge in [-0.25, -0.2) is 0 Å². The van der Waals surface area contributed by atoms with Gasteiger partial charge in [-0.15, -0.1) is 0 Å². The Balaban J connectivity index is 1.62. The number of rotatable bonds is 7. The van der Waals surface area contributed by atoms with Crippen LogP contribution in [0.3, 0.4) is 0 Å². The number of carbonyl (C=O) groups excluding carboxylic acids is 1. The van der Waals surface area contributed by atoms with E-state index in [0.29, 0.717) is 11.1 Å². The standard InChI is InChI=1S/C28H35N5O2/c1-18-13-19(2)31-28(35)23(18)16-30-27(34)22-14-25(21-10-8-20(9-11-21)17-33(3)4)32-26(15-22)24-7-5-6-12-29-24/h8-11,13-15,24,29H,5-7,12,16-17H2,1-4H3,(H,30,34)(H,31,35). The maximum atomic E-state index is 13.2. The van der Waals surface area contributed by atoms with Crippen LogP contribution in [0.25, 0.3) is 11.3 Å². The number of carbonyl (C=O) groups is 1. The first kappa shape index (κ1) is 24.8. The van der Waals surface area contributed by atoms with Crippen LogP contribution >= 0.6 is 0 Å². The quantitative estimate of drug-likeness (QED) is 0.485. The highest BCUT2D eigenvalue weighted by Crippen LogP contribution is 2.27. The average Bonchev–Trinajstić information content (AvgIpc) is 2.83. The number of aromatic amines is 1. The summed E-state index contributed by atoms with van der Waals surface area (Å²) >= 11 is 0. The van der Waals surface area contributed by atoms with Gasteiger partial charge in [0.25, 0.3) is 11.5 Å². The van der Waals surface area contributed by atoms with Gasteiger partial charge in [0.05, 0.1) is 11.4 Å². The van der Waals surface area contributed by atoms with Crippen LogP contribution in [0, 0.1) is 13.8 Å². The smallest absolute Gasteiger partial charge is 0.253 e. The monoisotopic (exact) mass is 473 g/mol. The van der Waals surface area contributed by atoms with Crippen LogP contribution < -0.4 is 16.2 Å². The molecule has 7 heteroatoms. The Labute approximate surface area is 207 Å². The summed E-state index contributed by atoms with van der Waals surface area (Å²) in [4.78, 5) is 35.5. The molecule has 0 spiro atoms. The zero-order chi connectivity index (χ0) is 24.9. The van der Waals surface area contributed by atoms with Crippen molar-refractivity contribution in [2.45, 2.75) is 52.2 Å². The van der Waals surface area contributed by atoms with Crippen LogP contribution in [0.2, 0.25) is 0 Å². The van der Waals surface area contributed by atoms with E-state index in [4.69, 9.17) is 4.98 Å². The molecular weight excluding hydrogens is 438 g/mol. The minimum Gasteiger partial charge on any atom is -0.348 e. The van der Waals surface area contributed by atoms with Crippen molar-refractivity contribution in [2.24, 2.45) is 0 Å². The summed E-state index contributed by atoms with van der Waals surface area (Å²) in [5.74, 6) is -0.214. The molecule has 0 bridgehead atoms. The first-order chi connectivity index (χ1) is 16.8. The highest BCUT2D eigenvalue weighted by molar-refractivity contribution is 5.95. The van der Waals surface area contributed by atoms with E-state index in [1.54, 1.807) is 0 Å². The lowest BCUT2D eigenvalue weighted by molar-refractivity contribution is 0.0950. The Bertz CT molecular complexity index is 1240. The molecule has 0 saturated carbocycles. The fourth-order valence-electron chi connectivity index (χ4n) is 4.63. The molecule has 184 valence electrons. The zero-order valence-electron chi connectivity index (χ0n) is 21.1. The lowest BCUT2D eigenvalue weighted by Crippen LogP contribution is -2.30. The van der Waals surface area contributed by atoms with Gasteiger partial charge in [0.2, 0.25) is 0 Å². The third-order valence-corrected chi connectivity index (χ3v) is 6.44. The molecule has 35 heavy (non-hydrogen) atoms. The predicted octanol–water partition coefficient (Wildman–Crippen LogP) is 3.86. The van der Waals surface area contributed by atoms with Crippen molar-refractivity contribution in [3.05, 3.63) is 86.5 Å². The molecule has 3 aromatic rings. The van der Waals surface area contributed by atoms with Gasteiger partial charge in [-0.05, 0) is 76.7 Å². The van der Waals surface area contributed by atoms with Crippen molar-refractivity contribution < 1.29 is 4.79 Å². The maximum Gasteiger partial charge on any atom is 0.253 e. The second-order valence-electron chi connectivity index (χ2n) is 9.73. The summed E-state index contributed by atoms with van der Waals surface area (Å²) in [6, 6.07) is 14.1. The first-order valence-corrected chi connectivity index (χ1v) is 12.3. The van der Waals surface area contributed by atoms with Crippen LogP contribution in [0.4, 0.5) is 0 Å². The second-order valence-corrected chi connectivity index (χ2v) is 9.73. The number of nitrogens with one attached hydrogen (secondary N) is 3. The molecule has 1 saturated heterocycles. The summed E-state index contributed by atoms with van der Waals surface area (Å²) in [7, 11) is 4.10. The van der Waals surface area contributed by atoms with Crippen molar-refractivity contribution in [3.8, 4) is 11.3 Å². The molecular formula is C28H35N5O2. The molecule has 3 heterocycles. The number of aryl methyl sites for hydroxylation is 2. The number of nitrogens with zero attached hydrogens (tertiary/aromatic N) is 2. The number of piperidine rings is 1. The van der Waals surface area contributed by atoms with Gasteiger partial charge in [-0.3, -0.25) is 14.6 Å². The number of H-pyrrole nitrogens is 1. The van der Waals surface area contributed by atoms with E-state index < -0.39 is 0 Å². The van der Waals surface area contributed by atoms with E-state index in [1.165, 1.54) is 5.56 Å². The minimum atomic E-state index is -0.214. The SMILES string of the molecule is Cc1cc(C)c(CNC(=O)c2cc(-c3ccc(CN(C)C)cc3)nc(C3CCCCN3)c2)c(=O)[nH]1. The summed E-state index contributed by atoms with van der Waals surface area (Å²) in [6.07, 6.45) is 3.29. The van der Waals surface area contributed by atoms with Gasteiger partial charge in [0.15, 0.2) is 0 Å². The minimum absolute atomic E-state index is 0.130. The predicted molar refractivity (Wildman–Crippen MR) is 139 cm³/mol. The van der Waals surface area contributed by atoms with Crippen molar-refractivity contribution in [1.29, 1.82) is 0 Å². The van der Waals surface area contributed by atoms with E-state index in [2.05, 4.69) is 44.8 Å². The molecule has 1 unspecified atom stereocenters. The van der Waals surface area contributed by atoms with Crippen LogP contribution in [-0.4, -0.2) is 41.4 Å².